The van der Waals surface area contributed by atoms with E-state index >= 15 is 0 Å². The first-order chi connectivity index (χ1) is 13.5. The molecular formula is C23H23FO4. The summed E-state index contributed by atoms with van der Waals surface area (Å²) in [4.78, 5) is 10.7. The lowest BCUT2D eigenvalue weighted by molar-refractivity contribution is -0.109. The van der Waals surface area contributed by atoms with E-state index in [-0.39, 0.29) is 12.4 Å². The van der Waals surface area contributed by atoms with Gasteiger partial charge < -0.3 is 14.2 Å². The number of hydrogen-bond acceptors (Lipinski definition) is 4. The second-order valence-corrected chi connectivity index (χ2v) is 6.44. The van der Waals surface area contributed by atoms with Crippen LogP contribution in [0.15, 0.2) is 35.9 Å². The lowest BCUT2D eigenvalue weighted by Crippen LogP contribution is -2.02. The van der Waals surface area contributed by atoms with Gasteiger partial charge in [0.25, 0.3) is 0 Å². The van der Waals surface area contributed by atoms with E-state index in [1.54, 1.807) is 6.07 Å². The van der Waals surface area contributed by atoms with E-state index in [1.165, 1.54) is 20.3 Å². The fourth-order valence-electron chi connectivity index (χ4n) is 3.62. The number of carbonyl (C=O) groups excluding carboxylic acids is 1. The largest absolute Gasteiger partial charge is 0.493 e. The Morgan fingerprint density at radius 1 is 1.04 bits per heavy atom. The maximum Gasteiger partial charge on any atom is 0.204 e. The van der Waals surface area contributed by atoms with Crippen molar-refractivity contribution in [3.8, 4) is 17.2 Å². The quantitative estimate of drug-likeness (QED) is 0.621. The third-order valence-electron chi connectivity index (χ3n) is 4.90. The lowest BCUT2D eigenvalue weighted by atomic mass is 10.00. The molecule has 146 valence electrons. The van der Waals surface area contributed by atoms with Crippen LogP contribution < -0.4 is 14.2 Å². The topological polar surface area (TPSA) is 44.8 Å². The Balaban J connectivity index is 2.13. The zero-order chi connectivity index (χ0) is 20.3. The van der Waals surface area contributed by atoms with Crippen LogP contribution in [0, 0.1) is 5.82 Å². The van der Waals surface area contributed by atoms with Gasteiger partial charge in [0.1, 0.15) is 12.4 Å². The number of aldehydes is 1. The number of halogens is 1. The van der Waals surface area contributed by atoms with Gasteiger partial charge in [-0.1, -0.05) is 13.0 Å². The molecular weight excluding hydrogens is 359 g/mol. The maximum absolute atomic E-state index is 13.8. The standard InChI is InChI=1S/C23H23FO4/c1-5-17-14(2)19(18-7-6-16(24)13-20(17)18)10-15-11-21(26-3)23(28-9-8-25)22(12-15)27-4/h6-8,10-13H,5,9H2,1-4H3/b19-10-. The predicted molar refractivity (Wildman–Crippen MR) is 108 cm³/mol. The monoisotopic (exact) mass is 382 g/mol. The molecule has 0 aromatic heterocycles. The second-order valence-electron chi connectivity index (χ2n) is 6.44. The van der Waals surface area contributed by atoms with Crippen molar-refractivity contribution in [2.45, 2.75) is 20.3 Å². The number of rotatable bonds is 7. The van der Waals surface area contributed by atoms with Crippen molar-refractivity contribution in [1.82, 2.24) is 0 Å². The first kappa shape index (κ1) is 19.7. The average Bonchev–Trinajstić information content (AvgIpc) is 2.96. The highest BCUT2D eigenvalue weighted by Gasteiger charge is 2.23. The molecule has 0 heterocycles. The molecule has 0 amide bonds. The SMILES string of the molecule is CCC1=C(C)/C(=C/c2cc(OC)c(OCC=O)c(OC)c2)c2ccc(F)cc21. The van der Waals surface area contributed by atoms with Crippen LogP contribution in [0.3, 0.4) is 0 Å². The summed E-state index contributed by atoms with van der Waals surface area (Å²) in [6.45, 7) is 4.04. The van der Waals surface area contributed by atoms with Gasteiger partial charge in [-0.2, -0.15) is 0 Å². The van der Waals surface area contributed by atoms with Gasteiger partial charge in [0.05, 0.1) is 14.2 Å². The normalized spacial score (nSPS) is 14.2. The molecule has 0 unspecified atom stereocenters. The zero-order valence-corrected chi connectivity index (χ0v) is 16.5. The van der Waals surface area contributed by atoms with E-state index in [2.05, 4.69) is 13.8 Å². The molecule has 3 rings (SSSR count). The van der Waals surface area contributed by atoms with E-state index in [1.807, 2.05) is 24.3 Å². The van der Waals surface area contributed by atoms with E-state index in [4.69, 9.17) is 14.2 Å². The molecule has 1 aliphatic rings. The fourth-order valence-corrected chi connectivity index (χ4v) is 3.62. The molecule has 0 saturated heterocycles. The molecule has 1 aliphatic carbocycles. The zero-order valence-electron chi connectivity index (χ0n) is 16.5. The summed E-state index contributed by atoms with van der Waals surface area (Å²) in [5.74, 6) is 1.10. The molecule has 28 heavy (non-hydrogen) atoms. The summed E-state index contributed by atoms with van der Waals surface area (Å²) >= 11 is 0. The molecule has 2 aromatic carbocycles. The van der Waals surface area contributed by atoms with Crippen molar-refractivity contribution in [2.75, 3.05) is 20.8 Å². The van der Waals surface area contributed by atoms with Gasteiger partial charge in [0, 0.05) is 0 Å². The van der Waals surface area contributed by atoms with Crippen LogP contribution in [0.5, 0.6) is 17.2 Å². The van der Waals surface area contributed by atoms with E-state index in [9.17, 15) is 9.18 Å². The van der Waals surface area contributed by atoms with E-state index in [0.717, 1.165) is 39.8 Å². The highest BCUT2D eigenvalue weighted by atomic mass is 19.1. The molecule has 0 N–H and O–H groups in total. The number of benzene rings is 2. The molecule has 0 atom stereocenters. The van der Waals surface area contributed by atoms with Gasteiger partial charge >= 0.3 is 0 Å². The Morgan fingerprint density at radius 3 is 2.29 bits per heavy atom. The Kier molecular flexibility index (Phi) is 5.83. The minimum absolute atomic E-state index is 0.0895. The summed E-state index contributed by atoms with van der Waals surface area (Å²) in [7, 11) is 3.07. The highest BCUT2D eigenvalue weighted by Crippen LogP contribution is 2.45. The van der Waals surface area contributed by atoms with E-state index < -0.39 is 0 Å². The molecule has 5 heteroatoms. The second kappa shape index (κ2) is 8.30. The smallest absolute Gasteiger partial charge is 0.204 e. The number of carbonyl (C=O) groups is 1. The highest BCUT2D eigenvalue weighted by molar-refractivity contribution is 6.05. The third-order valence-corrected chi connectivity index (χ3v) is 4.90. The minimum atomic E-state index is -0.237. The van der Waals surface area contributed by atoms with Gasteiger partial charge in [0.2, 0.25) is 5.75 Å². The summed E-state index contributed by atoms with van der Waals surface area (Å²) in [6, 6.07) is 8.55. The molecule has 0 aliphatic heterocycles. The van der Waals surface area contributed by atoms with Crippen LogP contribution in [0.2, 0.25) is 0 Å². The fraction of sp³-hybridized carbons (Fsp3) is 0.261. The van der Waals surface area contributed by atoms with Gasteiger partial charge in [-0.3, -0.25) is 4.79 Å². The molecule has 0 saturated carbocycles. The molecule has 4 nitrogen and oxygen atoms in total. The van der Waals surface area contributed by atoms with Gasteiger partial charge in [-0.05, 0) is 77.1 Å². The van der Waals surface area contributed by atoms with Gasteiger partial charge in [0.15, 0.2) is 17.8 Å². The Labute approximate surface area is 164 Å². The first-order valence-corrected chi connectivity index (χ1v) is 9.08. The Bertz CT molecular complexity index is 948. The van der Waals surface area contributed by atoms with Crippen LogP contribution in [-0.4, -0.2) is 27.1 Å². The van der Waals surface area contributed by atoms with E-state index in [0.29, 0.717) is 23.5 Å². The minimum Gasteiger partial charge on any atom is -0.493 e. The average molecular weight is 382 g/mol. The molecule has 0 spiro atoms. The Hall–Kier alpha value is -3.08. The summed E-state index contributed by atoms with van der Waals surface area (Å²) in [6.07, 6.45) is 3.53. The van der Waals surface area contributed by atoms with Gasteiger partial charge in [-0.25, -0.2) is 4.39 Å². The predicted octanol–water partition coefficient (Wildman–Crippen LogP) is 5.16. The number of hydrogen-bond donors (Lipinski definition) is 0. The molecule has 0 bridgehead atoms. The van der Waals surface area contributed by atoms with Crippen molar-refractivity contribution < 1.29 is 23.4 Å². The number of fused-ring (bicyclic) bond motifs is 1. The van der Waals surface area contributed by atoms with Crippen LogP contribution in [0.25, 0.3) is 17.2 Å². The van der Waals surface area contributed by atoms with Crippen LogP contribution in [0.4, 0.5) is 4.39 Å². The van der Waals surface area contributed by atoms with Crippen LogP contribution in [0.1, 0.15) is 37.0 Å². The lowest BCUT2D eigenvalue weighted by Gasteiger charge is -2.14. The van der Waals surface area contributed by atoms with Crippen molar-refractivity contribution in [1.29, 1.82) is 0 Å². The van der Waals surface area contributed by atoms with Crippen molar-refractivity contribution in [3.63, 3.8) is 0 Å². The summed E-state index contributed by atoms with van der Waals surface area (Å²) < 4.78 is 30.1. The summed E-state index contributed by atoms with van der Waals surface area (Å²) in [5, 5.41) is 0. The Morgan fingerprint density at radius 2 is 1.71 bits per heavy atom. The molecule has 0 fully saturated rings. The maximum atomic E-state index is 13.8. The number of allylic oxidation sites excluding steroid dienone is 3. The van der Waals surface area contributed by atoms with Crippen molar-refractivity contribution in [2.24, 2.45) is 0 Å². The van der Waals surface area contributed by atoms with Crippen molar-refractivity contribution in [3.05, 3.63) is 58.4 Å². The number of ether oxygens (including phenoxy) is 3. The molecule has 2 aromatic rings. The third kappa shape index (κ3) is 3.52. The molecule has 0 radical (unpaired) electrons. The first-order valence-electron chi connectivity index (χ1n) is 9.08. The van der Waals surface area contributed by atoms with Crippen LogP contribution in [-0.2, 0) is 4.79 Å². The van der Waals surface area contributed by atoms with Crippen LogP contribution >= 0.6 is 0 Å². The van der Waals surface area contributed by atoms with Crippen molar-refractivity contribution >= 4 is 23.5 Å². The summed E-state index contributed by atoms with van der Waals surface area (Å²) in [5.41, 5.74) is 6.12. The number of methoxy groups -OCH3 is 2. The van der Waals surface area contributed by atoms with Gasteiger partial charge in [-0.15, -0.1) is 0 Å².